The molecule has 3 aromatic rings. The molecular formula is C23H29N7O2. The van der Waals surface area contributed by atoms with Crippen LogP contribution in [-0.4, -0.2) is 56.9 Å². The van der Waals surface area contributed by atoms with Gasteiger partial charge in [0, 0.05) is 57.1 Å². The summed E-state index contributed by atoms with van der Waals surface area (Å²) >= 11 is 0. The lowest BCUT2D eigenvalue weighted by Crippen LogP contribution is -2.54. The zero-order valence-corrected chi connectivity index (χ0v) is 19.0. The number of aryl methyl sites for hydroxylation is 1. The maximum Gasteiger partial charge on any atom is 0.267 e. The molecule has 32 heavy (non-hydrogen) atoms. The van der Waals surface area contributed by atoms with Gasteiger partial charge >= 0.3 is 0 Å². The van der Waals surface area contributed by atoms with Gasteiger partial charge in [-0.2, -0.15) is 5.26 Å². The van der Waals surface area contributed by atoms with Gasteiger partial charge in [-0.1, -0.05) is 13.0 Å². The fourth-order valence-electron chi connectivity index (χ4n) is 4.45. The second kappa shape index (κ2) is 9.01. The number of pyridine rings is 1. The molecule has 0 aliphatic carbocycles. The highest BCUT2D eigenvalue weighted by molar-refractivity contribution is 5.69. The molecule has 1 aliphatic heterocycles. The van der Waals surface area contributed by atoms with E-state index in [0.717, 1.165) is 43.0 Å². The standard InChI is InChI=1S/C23H29N7O2/c1-5-19-15-28(16(2)17-6-7-21(32-4)25-13-17)10-11-29(19)20-12-22(31)27(3)30-14-18(8-9-24)26-23(20)30/h6-7,12-14,16,19H,5,8,10-11,15H2,1-4H3. The molecule has 2 atom stereocenters. The van der Waals surface area contributed by atoms with E-state index in [1.165, 1.54) is 4.68 Å². The number of fused-ring (bicyclic) bond motifs is 1. The van der Waals surface area contributed by atoms with E-state index in [2.05, 4.69) is 45.8 Å². The largest absolute Gasteiger partial charge is 0.481 e. The van der Waals surface area contributed by atoms with Gasteiger partial charge in [-0.3, -0.25) is 9.69 Å². The Bertz CT molecular complexity index is 1190. The van der Waals surface area contributed by atoms with Crippen LogP contribution in [0.5, 0.6) is 5.88 Å². The van der Waals surface area contributed by atoms with Crippen LogP contribution in [0.3, 0.4) is 0 Å². The van der Waals surface area contributed by atoms with Crippen molar-refractivity contribution in [3.05, 3.63) is 52.2 Å². The molecule has 168 valence electrons. The van der Waals surface area contributed by atoms with Gasteiger partial charge in [0.25, 0.3) is 5.56 Å². The molecule has 1 aliphatic rings. The quantitative estimate of drug-likeness (QED) is 0.586. The van der Waals surface area contributed by atoms with Crippen molar-refractivity contribution in [2.45, 2.75) is 38.8 Å². The number of piperazine rings is 1. The Labute approximate surface area is 187 Å². The molecule has 0 bridgehead atoms. The van der Waals surface area contributed by atoms with E-state index >= 15 is 0 Å². The van der Waals surface area contributed by atoms with Crippen LogP contribution >= 0.6 is 0 Å². The molecule has 0 radical (unpaired) electrons. The number of imidazole rings is 1. The fraction of sp³-hybridized carbons (Fsp3) is 0.478. The summed E-state index contributed by atoms with van der Waals surface area (Å²) in [6.45, 7) is 6.89. The van der Waals surface area contributed by atoms with Gasteiger partial charge in [-0.15, -0.1) is 0 Å². The first-order valence-corrected chi connectivity index (χ1v) is 10.9. The molecule has 0 N–H and O–H groups in total. The van der Waals surface area contributed by atoms with E-state index in [-0.39, 0.29) is 24.1 Å². The van der Waals surface area contributed by atoms with E-state index in [1.807, 2.05) is 12.3 Å². The summed E-state index contributed by atoms with van der Waals surface area (Å²) in [5.74, 6) is 0.613. The number of ether oxygens (including phenoxy) is 1. The first-order chi connectivity index (χ1) is 15.5. The normalized spacial score (nSPS) is 18.0. The Morgan fingerprint density at radius 3 is 2.81 bits per heavy atom. The lowest BCUT2D eigenvalue weighted by Gasteiger charge is -2.44. The summed E-state index contributed by atoms with van der Waals surface area (Å²) in [7, 11) is 3.34. The van der Waals surface area contributed by atoms with E-state index in [4.69, 9.17) is 10.00 Å². The number of nitriles is 1. The van der Waals surface area contributed by atoms with Crippen LogP contribution < -0.4 is 15.2 Å². The Balaban J connectivity index is 1.62. The molecule has 2 unspecified atom stereocenters. The van der Waals surface area contributed by atoms with Crippen LogP contribution in [-0.2, 0) is 13.5 Å². The third-order valence-electron chi connectivity index (χ3n) is 6.42. The maximum absolute atomic E-state index is 12.7. The zero-order chi connectivity index (χ0) is 22.8. The molecule has 9 nitrogen and oxygen atoms in total. The average Bonchev–Trinajstić information content (AvgIpc) is 3.25. The smallest absolute Gasteiger partial charge is 0.267 e. The van der Waals surface area contributed by atoms with E-state index in [9.17, 15) is 4.79 Å². The first-order valence-electron chi connectivity index (χ1n) is 10.9. The summed E-state index contributed by atoms with van der Waals surface area (Å²) in [6, 6.07) is 8.24. The molecule has 4 heterocycles. The van der Waals surface area contributed by atoms with Crippen LogP contribution in [0, 0.1) is 11.3 Å². The Hall–Kier alpha value is -3.38. The minimum absolute atomic E-state index is 0.0941. The first kappa shape index (κ1) is 21.8. The molecule has 0 aromatic carbocycles. The van der Waals surface area contributed by atoms with Crippen LogP contribution in [0.2, 0.25) is 0 Å². The van der Waals surface area contributed by atoms with Crippen molar-refractivity contribution in [2.24, 2.45) is 7.05 Å². The summed E-state index contributed by atoms with van der Waals surface area (Å²) < 4.78 is 8.47. The lowest BCUT2D eigenvalue weighted by molar-refractivity contribution is 0.169. The van der Waals surface area contributed by atoms with Crippen LogP contribution in [0.15, 0.2) is 35.4 Å². The molecule has 0 amide bonds. The van der Waals surface area contributed by atoms with Gasteiger partial charge in [-0.05, 0) is 18.9 Å². The van der Waals surface area contributed by atoms with Crippen LogP contribution in [0.1, 0.15) is 37.6 Å². The topological polar surface area (TPSA) is 91.7 Å². The van der Waals surface area contributed by atoms with Gasteiger partial charge < -0.3 is 9.64 Å². The van der Waals surface area contributed by atoms with Crippen molar-refractivity contribution in [1.82, 2.24) is 24.1 Å². The fourth-order valence-corrected chi connectivity index (χ4v) is 4.45. The highest BCUT2D eigenvalue weighted by Crippen LogP contribution is 2.29. The average molecular weight is 436 g/mol. The molecule has 4 rings (SSSR count). The van der Waals surface area contributed by atoms with Crippen LogP contribution in [0.4, 0.5) is 5.69 Å². The number of rotatable bonds is 6. The van der Waals surface area contributed by atoms with Gasteiger partial charge in [-0.25, -0.2) is 19.2 Å². The van der Waals surface area contributed by atoms with Crippen molar-refractivity contribution in [3.8, 4) is 11.9 Å². The lowest BCUT2D eigenvalue weighted by atomic mass is 10.0. The van der Waals surface area contributed by atoms with Gasteiger partial charge in [0.05, 0.1) is 37.2 Å². The number of methoxy groups -OCH3 is 1. The minimum Gasteiger partial charge on any atom is -0.481 e. The molecule has 1 fully saturated rings. The SMILES string of the molecule is CCC1CN(C(C)c2ccc(OC)nc2)CCN1c1cc(=O)n(C)n2cc(CC#N)nc12. The van der Waals surface area contributed by atoms with Crippen molar-refractivity contribution in [1.29, 1.82) is 5.26 Å². The molecule has 3 aromatic heterocycles. The van der Waals surface area contributed by atoms with E-state index < -0.39 is 0 Å². The van der Waals surface area contributed by atoms with E-state index in [1.54, 1.807) is 30.9 Å². The monoisotopic (exact) mass is 435 g/mol. The maximum atomic E-state index is 12.7. The zero-order valence-electron chi connectivity index (χ0n) is 19.0. The van der Waals surface area contributed by atoms with Crippen molar-refractivity contribution >= 4 is 11.3 Å². The van der Waals surface area contributed by atoms with Crippen molar-refractivity contribution in [3.63, 3.8) is 0 Å². The molecule has 9 heteroatoms. The van der Waals surface area contributed by atoms with Gasteiger partial charge in [0.15, 0.2) is 5.65 Å². The second-order valence-electron chi connectivity index (χ2n) is 8.19. The number of anilines is 1. The van der Waals surface area contributed by atoms with Gasteiger partial charge in [0.2, 0.25) is 5.88 Å². The summed E-state index contributed by atoms with van der Waals surface area (Å²) in [6.07, 6.45) is 4.81. The number of nitrogens with zero attached hydrogens (tertiary/aromatic N) is 7. The minimum atomic E-state index is -0.0941. The molecule has 1 saturated heterocycles. The Morgan fingerprint density at radius 1 is 1.34 bits per heavy atom. The van der Waals surface area contributed by atoms with E-state index in [0.29, 0.717) is 11.6 Å². The molecule has 0 spiro atoms. The predicted octanol–water partition coefficient (Wildman–Crippen LogP) is 2.16. The summed E-state index contributed by atoms with van der Waals surface area (Å²) in [5.41, 5.74) is 3.28. The van der Waals surface area contributed by atoms with Crippen molar-refractivity contribution in [2.75, 3.05) is 31.6 Å². The summed E-state index contributed by atoms with van der Waals surface area (Å²) in [5, 5.41) is 9.08. The summed E-state index contributed by atoms with van der Waals surface area (Å²) in [4.78, 5) is 26.4. The number of hydrogen-bond acceptors (Lipinski definition) is 7. The molecular weight excluding hydrogens is 406 g/mol. The highest BCUT2D eigenvalue weighted by atomic mass is 16.5. The third kappa shape index (κ3) is 3.94. The van der Waals surface area contributed by atoms with Gasteiger partial charge in [0.1, 0.15) is 0 Å². The van der Waals surface area contributed by atoms with Crippen LogP contribution in [0.25, 0.3) is 5.65 Å². The second-order valence-corrected chi connectivity index (χ2v) is 8.19. The molecule has 0 saturated carbocycles. The van der Waals surface area contributed by atoms with Crippen molar-refractivity contribution < 1.29 is 4.74 Å². The highest BCUT2D eigenvalue weighted by Gasteiger charge is 2.31. The Kier molecular flexibility index (Phi) is 6.15. The third-order valence-corrected chi connectivity index (χ3v) is 6.42. The predicted molar refractivity (Wildman–Crippen MR) is 122 cm³/mol. The number of aromatic nitrogens is 4. The number of hydrogen-bond donors (Lipinski definition) is 0. The Morgan fingerprint density at radius 2 is 2.16 bits per heavy atom.